The first-order valence-electron chi connectivity index (χ1n) is 9.21. The van der Waals surface area contributed by atoms with Gasteiger partial charge in [0.25, 0.3) is 17.7 Å². The molecule has 7 nitrogen and oxygen atoms in total. The van der Waals surface area contributed by atoms with E-state index < -0.39 is 0 Å². The van der Waals surface area contributed by atoms with Gasteiger partial charge < -0.3 is 10.6 Å². The monoisotopic (exact) mass is 399 g/mol. The second-order valence-electron chi connectivity index (χ2n) is 6.75. The number of fused-ring (bicyclic) bond motifs is 1. The van der Waals surface area contributed by atoms with Gasteiger partial charge in [-0.3, -0.25) is 19.2 Å². The third kappa shape index (κ3) is 3.56. The van der Waals surface area contributed by atoms with E-state index in [4.69, 9.17) is 0 Å². The van der Waals surface area contributed by atoms with Crippen LogP contribution in [-0.2, 0) is 4.79 Å². The molecule has 30 heavy (non-hydrogen) atoms. The zero-order valence-corrected chi connectivity index (χ0v) is 16.0. The molecular formula is C23H17N3O4. The minimum atomic E-state index is -0.386. The summed E-state index contributed by atoms with van der Waals surface area (Å²) in [5.41, 5.74) is 2.58. The van der Waals surface area contributed by atoms with Gasteiger partial charge in [-0.2, -0.15) is 0 Å². The molecule has 3 aromatic carbocycles. The molecule has 4 amide bonds. The molecule has 1 aliphatic rings. The number of benzene rings is 3. The van der Waals surface area contributed by atoms with Crippen LogP contribution in [-0.4, -0.2) is 23.6 Å². The Labute approximate surface area is 172 Å². The smallest absolute Gasteiger partial charge is 0.266 e. The summed E-state index contributed by atoms with van der Waals surface area (Å²) in [6, 6.07) is 19.7. The van der Waals surface area contributed by atoms with Gasteiger partial charge in [0.2, 0.25) is 5.91 Å². The standard InChI is InChI=1S/C23H17N3O4/c1-14(27)24-16-5-4-6-17(13-16)25-21(28)15-9-11-18(12-10-15)26-22(29)19-7-2-3-8-20(19)23(26)30/h2-13H,1H3,(H,24,27)(H,25,28). The predicted molar refractivity (Wildman–Crippen MR) is 113 cm³/mol. The van der Waals surface area contributed by atoms with E-state index in [1.807, 2.05) is 0 Å². The first-order valence-corrected chi connectivity index (χ1v) is 9.21. The topological polar surface area (TPSA) is 95.6 Å². The van der Waals surface area contributed by atoms with Gasteiger partial charge in [-0.05, 0) is 54.6 Å². The Morgan fingerprint density at radius 3 is 1.87 bits per heavy atom. The molecule has 1 aliphatic heterocycles. The molecule has 4 rings (SSSR count). The number of imide groups is 1. The van der Waals surface area contributed by atoms with E-state index in [1.165, 1.54) is 6.92 Å². The van der Waals surface area contributed by atoms with Crippen LogP contribution in [0.15, 0.2) is 72.8 Å². The molecule has 0 radical (unpaired) electrons. The predicted octanol–water partition coefficient (Wildman–Crippen LogP) is 3.70. The number of carbonyl (C=O) groups is 4. The second-order valence-corrected chi connectivity index (χ2v) is 6.75. The van der Waals surface area contributed by atoms with Crippen LogP contribution >= 0.6 is 0 Å². The van der Waals surface area contributed by atoms with Crippen LogP contribution in [0.3, 0.4) is 0 Å². The minimum absolute atomic E-state index is 0.206. The average Bonchev–Trinajstić information content (AvgIpc) is 2.98. The van der Waals surface area contributed by atoms with Crippen molar-refractivity contribution in [2.24, 2.45) is 0 Å². The summed E-state index contributed by atoms with van der Waals surface area (Å²) in [6.45, 7) is 1.40. The molecule has 0 bridgehead atoms. The van der Waals surface area contributed by atoms with Crippen LogP contribution < -0.4 is 15.5 Å². The lowest BCUT2D eigenvalue weighted by molar-refractivity contribution is -0.114. The molecule has 0 spiro atoms. The summed E-state index contributed by atoms with van der Waals surface area (Å²) >= 11 is 0. The van der Waals surface area contributed by atoms with Gasteiger partial charge in [-0.1, -0.05) is 18.2 Å². The zero-order valence-electron chi connectivity index (χ0n) is 16.0. The zero-order chi connectivity index (χ0) is 21.3. The molecule has 3 aromatic rings. The normalized spacial score (nSPS) is 12.5. The largest absolute Gasteiger partial charge is 0.326 e. The molecule has 0 unspecified atom stereocenters. The lowest BCUT2D eigenvalue weighted by Gasteiger charge is -2.14. The van der Waals surface area contributed by atoms with Gasteiger partial charge in [0, 0.05) is 23.9 Å². The molecule has 0 saturated heterocycles. The Balaban J connectivity index is 1.50. The summed E-state index contributed by atoms with van der Waals surface area (Å²) < 4.78 is 0. The van der Waals surface area contributed by atoms with E-state index in [2.05, 4.69) is 10.6 Å². The lowest BCUT2D eigenvalue weighted by Crippen LogP contribution is -2.29. The number of rotatable bonds is 4. The van der Waals surface area contributed by atoms with E-state index in [-0.39, 0.29) is 23.6 Å². The molecule has 1 heterocycles. The summed E-state index contributed by atoms with van der Waals surface area (Å²) in [4.78, 5) is 50.0. The molecule has 0 aromatic heterocycles. The number of amides is 4. The van der Waals surface area contributed by atoms with Gasteiger partial charge in [-0.25, -0.2) is 4.90 Å². The fourth-order valence-corrected chi connectivity index (χ4v) is 3.27. The van der Waals surface area contributed by atoms with Crippen molar-refractivity contribution >= 4 is 40.7 Å². The Bertz CT molecular complexity index is 1150. The number of hydrogen-bond acceptors (Lipinski definition) is 4. The highest BCUT2D eigenvalue weighted by molar-refractivity contribution is 6.34. The first-order chi connectivity index (χ1) is 14.4. The van der Waals surface area contributed by atoms with Gasteiger partial charge in [0.1, 0.15) is 0 Å². The van der Waals surface area contributed by atoms with Crippen LogP contribution in [0.2, 0.25) is 0 Å². The summed E-state index contributed by atoms with van der Waals surface area (Å²) in [5.74, 6) is -1.34. The Morgan fingerprint density at radius 2 is 1.30 bits per heavy atom. The number of anilines is 3. The van der Waals surface area contributed by atoms with E-state index in [9.17, 15) is 19.2 Å². The SMILES string of the molecule is CC(=O)Nc1cccc(NC(=O)c2ccc(N3C(=O)c4ccccc4C3=O)cc2)c1. The maximum Gasteiger partial charge on any atom is 0.266 e. The van der Waals surface area contributed by atoms with Gasteiger partial charge in [0.05, 0.1) is 16.8 Å². The van der Waals surface area contributed by atoms with Crippen molar-refractivity contribution in [2.45, 2.75) is 6.92 Å². The molecule has 2 N–H and O–H groups in total. The van der Waals surface area contributed by atoms with Crippen molar-refractivity contribution in [1.82, 2.24) is 0 Å². The van der Waals surface area contributed by atoms with Crippen molar-refractivity contribution in [3.8, 4) is 0 Å². The van der Waals surface area contributed by atoms with Crippen molar-refractivity contribution in [3.63, 3.8) is 0 Å². The van der Waals surface area contributed by atoms with Gasteiger partial charge in [0.15, 0.2) is 0 Å². The second kappa shape index (κ2) is 7.63. The highest BCUT2D eigenvalue weighted by atomic mass is 16.2. The van der Waals surface area contributed by atoms with Gasteiger partial charge >= 0.3 is 0 Å². The van der Waals surface area contributed by atoms with Gasteiger partial charge in [-0.15, -0.1) is 0 Å². The number of carbonyl (C=O) groups excluding carboxylic acids is 4. The molecule has 148 valence electrons. The fraction of sp³-hybridized carbons (Fsp3) is 0.0435. The number of nitrogens with one attached hydrogen (secondary N) is 2. The van der Waals surface area contributed by atoms with Crippen LogP contribution in [0.4, 0.5) is 17.1 Å². The van der Waals surface area contributed by atoms with E-state index in [0.717, 1.165) is 4.90 Å². The molecular weight excluding hydrogens is 382 g/mol. The molecule has 0 saturated carbocycles. The minimum Gasteiger partial charge on any atom is -0.326 e. The highest BCUT2D eigenvalue weighted by Gasteiger charge is 2.36. The molecule has 7 heteroatoms. The van der Waals surface area contributed by atoms with Crippen molar-refractivity contribution in [3.05, 3.63) is 89.5 Å². The van der Waals surface area contributed by atoms with Crippen molar-refractivity contribution < 1.29 is 19.2 Å². The Morgan fingerprint density at radius 1 is 0.733 bits per heavy atom. The lowest BCUT2D eigenvalue weighted by atomic mass is 10.1. The molecule has 0 fully saturated rings. The number of nitrogens with zero attached hydrogens (tertiary/aromatic N) is 1. The number of hydrogen-bond donors (Lipinski definition) is 2. The van der Waals surface area contributed by atoms with Crippen LogP contribution in [0.5, 0.6) is 0 Å². The van der Waals surface area contributed by atoms with E-state index >= 15 is 0 Å². The van der Waals surface area contributed by atoms with Crippen LogP contribution in [0, 0.1) is 0 Å². The fourth-order valence-electron chi connectivity index (χ4n) is 3.27. The average molecular weight is 399 g/mol. The first kappa shape index (κ1) is 19.1. The quantitative estimate of drug-likeness (QED) is 0.654. The molecule has 0 aliphatic carbocycles. The van der Waals surface area contributed by atoms with Crippen molar-refractivity contribution in [1.29, 1.82) is 0 Å². The van der Waals surface area contributed by atoms with Crippen molar-refractivity contribution in [2.75, 3.05) is 15.5 Å². The summed E-state index contributed by atoms with van der Waals surface area (Å²) in [7, 11) is 0. The summed E-state index contributed by atoms with van der Waals surface area (Å²) in [5, 5.41) is 5.41. The third-order valence-electron chi connectivity index (χ3n) is 4.62. The highest BCUT2D eigenvalue weighted by Crippen LogP contribution is 2.28. The van der Waals surface area contributed by atoms with Crippen LogP contribution in [0.25, 0.3) is 0 Å². The van der Waals surface area contributed by atoms with E-state index in [0.29, 0.717) is 33.8 Å². The summed E-state index contributed by atoms with van der Waals surface area (Å²) in [6.07, 6.45) is 0. The molecule has 0 atom stereocenters. The third-order valence-corrected chi connectivity index (χ3v) is 4.62. The Hall–Kier alpha value is -4.26. The Kier molecular flexibility index (Phi) is 4.85. The van der Waals surface area contributed by atoms with E-state index in [1.54, 1.807) is 72.8 Å². The maximum absolute atomic E-state index is 12.6. The van der Waals surface area contributed by atoms with Crippen LogP contribution in [0.1, 0.15) is 38.0 Å². The maximum atomic E-state index is 12.6.